The molecular formula is C21H30N4. The van der Waals surface area contributed by atoms with E-state index in [4.69, 9.17) is 15.7 Å². The predicted octanol–water partition coefficient (Wildman–Crippen LogP) is 3.96. The van der Waals surface area contributed by atoms with Gasteiger partial charge in [-0.05, 0) is 68.8 Å². The van der Waals surface area contributed by atoms with Crippen LogP contribution >= 0.6 is 0 Å². The first-order valence-electron chi connectivity index (χ1n) is 9.57. The average Bonchev–Trinajstić information content (AvgIpc) is 2.66. The van der Waals surface area contributed by atoms with Gasteiger partial charge in [0, 0.05) is 18.9 Å². The Balaban J connectivity index is 1.98. The molecule has 134 valence electrons. The maximum absolute atomic E-state index is 5.84. The summed E-state index contributed by atoms with van der Waals surface area (Å²) in [7, 11) is 0. The first-order chi connectivity index (χ1) is 12.3. The Morgan fingerprint density at radius 1 is 1.08 bits per heavy atom. The van der Waals surface area contributed by atoms with Gasteiger partial charge in [-0.1, -0.05) is 19.1 Å². The standard InChI is InChI=1S/C21H30N4/c1-3-17-9-6-14-24-21(17)19-11-4-10-18(25(19)15-7-12-22)20-16(2)8-5-13-23-20/h5-6,8-9,13-14,18-19H,3-4,7,10-12,15,22H2,1-2H3/t18-,19+/m0/s1. The van der Waals surface area contributed by atoms with E-state index in [1.165, 1.54) is 28.9 Å². The van der Waals surface area contributed by atoms with Crippen LogP contribution in [-0.4, -0.2) is 28.0 Å². The third-order valence-electron chi connectivity index (χ3n) is 5.36. The van der Waals surface area contributed by atoms with Gasteiger partial charge in [0.2, 0.25) is 0 Å². The van der Waals surface area contributed by atoms with Crippen LogP contribution in [0.25, 0.3) is 0 Å². The van der Waals surface area contributed by atoms with Crippen molar-refractivity contribution in [2.75, 3.05) is 13.1 Å². The SMILES string of the molecule is CCc1cccnc1[C@H]1CCC[C@@H](c2ncccc2C)N1CCCN. The summed E-state index contributed by atoms with van der Waals surface area (Å²) in [5.74, 6) is 0. The van der Waals surface area contributed by atoms with Gasteiger partial charge in [0.15, 0.2) is 0 Å². The van der Waals surface area contributed by atoms with Gasteiger partial charge in [-0.2, -0.15) is 0 Å². The number of aryl methyl sites for hydroxylation is 2. The maximum Gasteiger partial charge on any atom is 0.0607 e. The number of likely N-dealkylation sites (tertiary alicyclic amines) is 1. The normalized spacial score (nSPS) is 21.4. The lowest BCUT2D eigenvalue weighted by Crippen LogP contribution is -2.39. The van der Waals surface area contributed by atoms with E-state index in [2.05, 4.69) is 36.9 Å². The molecule has 0 spiro atoms. The highest BCUT2D eigenvalue weighted by Gasteiger charge is 2.34. The summed E-state index contributed by atoms with van der Waals surface area (Å²) in [6, 6.07) is 9.19. The second kappa shape index (κ2) is 8.54. The van der Waals surface area contributed by atoms with Crippen molar-refractivity contribution in [2.45, 2.75) is 58.0 Å². The van der Waals surface area contributed by atoms with Crippen molar-refractivity contribution in [3.05, 3.63) is 59.2 Å². The summed E-state index contributed by atoms with van der Waals surface area (Å²) < 4.78 is 0. The molecule has 4 heteroatoms. The Morgan fingerprint density at radius 3 is 2.44 bits per heavy atom. The van der Waals surface area contributed by atoms with E-state index in [0.717, 1.165) is 38.8 Å². The van der Waals surface area contributed by atoms with Crippen LogP contribution in [-0.2, 0) is 6.42 Å². The van der Waals surface area contributed by atoms with Crippen molar-refractivity contribution in [3.8, 4) is 0 Å². The largest absolute Gasteiger partial charge is 0.330 e. The first-order valence-corrected chi connectivity index (χ1v) is 9.57. The molecule has 3 rings (SSSR count). The molecule has 0 bridgehead atoms. The fourth-order valence-electron chi connectivity index (χ4n) is 4.12. The zero-order valence-electron chi connectivity index (χ0n) is 15.5. The van der Waals surface area contributed by atoms with Gasteiger partial charge in [0.1, 0.15) is 0 Å². The van der Waals surface area contributed by atoms with Gasteiger partial charge >= 0.3 is 0 Å². The fraction of sp³-hybridized carbons (Fsp3) is 0.524. The number of rotatable bonds is 6. The quantitative estimate of drug-likeness (QED) is 0.866. The first kappa shape index (κ1) is 18.0. The molecule has 2 atom stereocenters. The highest BCUT2D eigenvalue weighted by atomic mass is 15.2. The Morgan fingerprint density at radius 2 is 1.76 bits per heavy atom. The molecule has 1 aliphatic rings. The number of hydrogen-bond donors (Lipinski definition) is 1. The van der Waals surface area contributed by atoms with Crippen LogP contribution in [0.5, 0.6) is 0 Å². The summed E-state index contributed by atoms with van der Waals surface area (Å²) in [6.07, 6.45) is 9.43. The molecular weight excluding hydrogens is 308 g/mol. The van der Waals surface area contributed by atoms with Gasteiger partial charge in [-0.15, -0.1) is 0 Å². The molecule has 0 aromatic carbocycles. The van der Waals surface area contributed by atoms with E-state index in [0.29, 0.717) is 12.1 Å². The van der Waals surface area contributed by atoms with E-state index in [1.807, 2.05) is 18.5 Å². The molecule has 0 radical (unpaired) electrons. The third-order valence-corrected chi connectivity index (χ3v) is 5.36. The van der Waals surface area contributed by atoms with Crippen LogP contribution in [0.2, 0.25) is 0 Å². The van der Waals surface area contributed by atoms with Crippen LogP contribution in [0.3, 0.4) is 0 Å². The molecule has 4 nitrogen and oxygen atoms in total. The summed E-state index contributed by atoms with van der Waals surface area (Å²) in [5.41, 5.74) is 11.0. The fourth-order valence-corrected chi connectivity index (χ4v) is 4.12. The second-order valence-corrected chi connectivity index (χ2v) is 6.95. The summed E-state index contributed by atoms with van der Waals surface area (Å²) in [5, 5.41) is 0. The second-order valence-electron chi connectivity index (χ2n) is 6.95. The Bertz CT molecular complexity index is 685. The lowest BCUT2D eigenvalue weighted by atomic mass is 9.88. The highest BCUT2D eigenvalue weighted by molar-refractivity contribution is 5.26. The van der Waals surface area contributed by atoms with E-state index in [-0.39, 0.29) is 0 Å². The lowest BCUT2D eigenvalue weighted by Gasteiger charge is -2.42. The van der Waals surface area contributed by atoms with Gasteiger partial charge in [-0.25, -0.2) is 0 Å². The minimum absolute atomic E-state index is 0.359. The molecule has 1 fully saturated rings. The van der Waals surface area contributed by atoms with Crippen molar-refractivity contribution in [1.82, 2.24) is 14.9 Å². The highest BCUT2D eigenvalue weighted by Crippen LogP contribution is 2.42. The number of nitrogens with zero attached hydrogens (tertiary/aromatic N) is 3. The maximum atomic E-state index is 5.84. The Labute approximate surface area is 151 Å². The van der Waals surface area contributed by atoms with E-state index >= 15 is 0 Å². The Hall–Kier alpha value is -1.78. The van der Waals surface area contributed by atoms with Crippen molar-refractivity contribution >= 4 is 0 Å². The topological polar surface area (TPSA) is 55.0 Å². The molecule has 0 unspecified atom stereocenters. The number of hydrogen-bond acceptors (Lipinski definition) is 4. The van der Waals surface area contributed by atoms with Crippen LogP contribution in [0.4, 0.5) is 0 Å². The summed E-state index contributed by atoms with van der Waals surface area (Å²) in [6.45, 7) is 6.11. The molecule has 2 aromatic rings. The monoisotopic (exact) mass is 338 g/mol. The minimum atomic E-state index is 0.359. The molecule has 1 aliphatic heterocycles. The summed E-state index contributed by atoms with van der Waals surface area (Å²) in [4.78, 5) is 12.1. The van der Waals surface area contributed by atoms with Crippen molar-refractivity contribution < 1.29 is 0 Å². The molecule has 0 amide bonds. The van der Waals surface area contributed by atoms with E-state index in [1.54, 1.807) is 0 Å². The molecule has 3 heterocycles. The van der Waals surface area contributed by atoms with E-state index < -0.39 is 0 Å². The third kappa shape index (κ3) is 3.91. The van der Waals surface area contributed by atoms with Crippen molar-refractivity contribution in [2.24, 2.45) is 5.73 Å². The zero-order chi connectivity index (χ0) is 17.6. The van der Waals surface area contributed by atoms with Crippen LogP contribution in [0, 0.1) is 6.92 Å². The average molecular weight is 338 g/mol. The minimum Gasteiger partial charge on any atom is -0.330 e. The molecule has 25 heavy (non-hydrogen) atoms. The lowest BCUT2D eigenvalue weighted by molar-refractivity contribution is 0.0754. The smallest absolute Gasteiger partial charge is 0.0607 e. The van der Waals surface area contributed by atoms with Crippen LogP contribution in [0.1, 0.15) is 67.2 Å². The van der Waals surface area contributed by atoms with Gasteiger partial charge in [0.25, 0.3) is 0 Å². The van der Waals surface area contributed by atoms with Crippen LogP contribution < -0.4 is 5.73 Å². The number of nitrogens with two attached hydrogens (primary N) is 1. The molecule has 0 saturated carbocycles. The molecule has 1 saturated heterocycles. The Kier molecular flexibility index (Phi) is 6.16. The zero-order valence-corrected chi connectivity index (χ0v) is 15.5. The van der Waals surface area contributed by atoms with Crippen molar-refractivity contribution in [1.29, 1.82) is 0 Å². The van der Waals surface area contributed by atoms with Crippen LogP contribution in [0.15, 0.2) is 36.7 Å². The predicted molar refractivity (Wildman–Crippen MR) is 102 cm³/mol. The number of aromatic nitrogens is 2. The molecule has 2 N–H and O–H groups in total. The van der Waals surface area contributed by atoms with Gasteiger partial charge in [-0.3, -0.25) is 14.9 Å². The molecule has 0 aliphatic carbocycles. The van der Waals surface area contributed by atoms with Crippen molar-refractivity contribution in [3.63, 3.8) is 0 Å². The summed E-state index contributed by atoms with van der Waals surface area (Å²) >= 11 is 0. The van der Waals surface area contributed by atoms with Gasteiger partial charge < -0.3 is 5.73 Å². The number of pyridine rings is 2. The van der Waals surface area contributed by atoms with E-state index in [9.17, 15) is 0 Å². The van der Waals surface area contributed by atoms with Gasteiger partial charge in [0.05, 0.1) is 23.5 Å². The number of piperidine rings is 1. The molecule has 2 aromatic heterocycles.